The molecular formula is C22H26N4O2. The molecule has 0 spiro atoms. The first kappa shape index (κ1) is 18.8. The molecule has 0 aliphatic carbocycles. The van der Waals surface area contributed by atoms with E-state index in [2.05, 4.69) is 44.7 Å². The van der Waals surface area contributed by atoms with E-state index in [-0.39, 0.29) is 6.04 Å². The Morgan fingerprint density at radius 1 is 0.964 bits per heavy atom. The zero-order valence-electron chi connectivity index (χ0n) is 16.2. The third kappa shape index (κ3) is 4.65. The number of benzene rings is 2. The molecule has 6 nitrogen and oxygen atoms in total. The summed E-state index contributed by atoms with van der Waals surface area (Å²) in [6.45, 7) is 7.37. The Morgan fingerprint density at radius 2 is 1.68 bits per heavy atom. The van der Waals surface area contributed by atoms with Crippen molar-refractivity contribution < 1.29 is 9.15 Å². The van der Waals surface area contributed by atoms with Gasteiger partial charge in [0.1, 0.15) is 0 Å². The highest BCUT2D eigenvalue weighted by Gasteiger charge is 2.16. The lowest BCUT2D eigenvalue weighted by molar-refractivity contribution is 0.0340. The van der Waals surface area contributed by atoms with Crippen LogP contribution in [0.1, 0.15) is 30.0 Å². The quantitative estimate of drug-likeness (QED) is 0.680. The minimum Gasteiger partial charge on any atom is -0.419 e. The van der Waals surface area contributed by atoms with E-state index in [0.717, 1.165) is 45.0 Å². The van der Waals surface area contributed by atoms with Crippen LogP contribution in [0.25, 0.3) is 11.5 Å². The van der Waals surface area contributed by atoms with E-state index in [9.17, 15) is 0 Å². The molecule has 1 aliphatic rings. The zero-order valence-corrected chi connectivity index (χ0v) is 16.2. The van der Waals surface area contributed by atoms with Crippen LogP contribution in [-0.2, 0) is 17.8 Å². The maximum Gasteiger partial charge on any atom is 0.247 e. The first-order valence-corrected chi connectivity index (χ1v) is 9.78. The molecule has 1 fully saturated rings. The number of aromatic nitrogens is 2. The molecule has 1 aliphatic heterocycles. The Labute approximate surface area is 165 Å². The van der Waals surface area contributed by atoms with Gasteiger partial charge >= 0.3 is 0 Å². The maximum atomic E-state index is 5.86. The molecule has 146 valence electrons. The first-order valence-electron chi connectivity index (χ1n) is 9.78. The lowest BCUT2D eigenvalue weighted by atomic mass is 10.1. The van der Waals surface area contributed by atoms with Crippen molar-refractivity contribution in [2.45, 2.75) is 26.1 Å². The summed E-state index contributed by atoms with van der Waals surface area (Å²) in [4.78, 5) is 2.44. The smallest absolute Gasteiger partial charge is 0.247 e. The van der Waals surface area contributed by atoms with Gasteiger partial charge in [0.25, 0.3) is 0 Å². The third-order valence-electron chi connectivity index (χ3n) is 5.05. The average Bonchev–Trinajstić information content (AvgIpc) is 3.25. The van der Waals surface area contributed by atoms with Crippen LogP contribution in [0.4, 0.5) is 0 Å². The second-order valence-electron chi connectivity index (χ2n) is 7.07. The molecule has 2 aromatic carbocycles. The van der Waals surface area contributed by atoms with Crippen molar-refractivity contribution in [3.05, 3.63) is 71.6 Å². The van der Waals surface area contributed by atoms with Crippen LogP contribution in [0.3, 0.4) is 0 Å². The van der Waals surface area contributed by atoms with E-state index >= 15 is 0 Å². The van der Waals surface area contributed by atoms with Crippen molar-refractivity contribution in [2.75, 3.05) is 26.3 Å². The van der Waals surface area contributed by atoms with Crippen molar-refractivity contribution in [1.82, 2.24) is 20.4 Å². The van der Waals surface area contributed by atoms with Gasteiger partial charge in [-0.2, -0.15) is 0 Å². The molecule has 1 aromatic heterocycles. The van der Waals surface area contributed by atoms with E-state index in [4.69, 9.17) is 9.15 Å². The molecule has 0 unspecified atom stereocenters. The van der Waals surface area contributed by atoms with E-state index in [1.807, 2.05) is 37.3 Å². The molecule has 0 bridgehead atoms. The number of hydrogen-bond acceptors (Lipinski definition) is 6. The molecule has 1 saturated heterocycles. The Morgan fingerprint density at radius 3 is 2.46 bits per heavy atom. The second kappa shape index (κ2) is 9.10. The predicted octanol–water partition coefficient (Wildman–Crippen LogP) is 3.42. The van der Waals surface area contributed by atoms with E-state index in [1.165, 1.54) is 11.1 Å². The fourth-order valence-electron chi connectivity index (χ4n) is 3.34. The van der Waals surface area contributed by atoms with Gasteiger partial charge in [-0.15, -0.1) is 10.2 Å². The van der Waals surface area contributed by atoms with Crippen LogP contribution >= 0.6 is 0 Å². The summed E-state index contributed by atoms with van der Waals surface area (Å²) in [5.74, 6) is 1.15. The molecule has 0 radical (unpaired) electrons. The number of ether oxygens (including phenoxy) is 1. The van der Waals surface area contributed by atoms with Gasteiger partial charge in [0.15, 0.2) is 0 Å². The molecule has 3 aromatic rings. The normalized spacial score (nSPS) is 16.2. The lowest BCUT2D eigenvalue weighted by Gasteiger charge is -2.27. The van der Waals surface area contributed by atoms with Crippen LogP contribution in [-0.4, -0.2) is 41.4 Å². The molecule has 0 amide bonds. The number of nitrogens with one attached hydrogen (secondary N) is 1. The molecular weight excluding hydrogens is 352 g/mol. The van der Waals surface area contributed by atoms with Gasteiger partial charge in [-0.3, -0.25) is 4.90 Å². The minimum absolute atomic E-state index is 0.0265. The largest absolute Gasteiger partial charge is 0.419 e. The van der Waals surface area contributed by atoms with Gasteiger partial charge < -0.3 is 14.5 Å². The van der Waals surface area contributed by atoms with Gasteiger partial charge in [-0.1, -0.05) is 42.5 Å². The van der Waals surface area contributed by atoms with E-state index in [0.29, 0.717) is 11.8 Å². The summed E-state index contributed by atoms with van der Waals surface area (Å²) in [5, 5.41) is 11.9. The van der Waals surface area contributed by atoms with Crippen LogP contribution in [0.15, 0.2) is 59.0 Å². The summed E-state index contributed by atoms with van der Waals surface area (Å²) in [6, 6.07) is 18.4. The van der Waals surface area contributed by atoms with E-state index < -0.39 is 0 Å². The molecule has 6 heteroatoms. The van der Waals surface area contributed by atoms with Gasteiger partial charge in [0, 0.05) is 31.7 Å². The molecule has 28 heavy (non-hydrogen) atoms. The van der Waals surface area contributed by atoms with Gasteiger partial charge in [-0.05, 0) is 30.2 Å². The highest BCUT2D eigenvalue weighted by molar-refractivity contribution is 5.51. The molecule has 1 atom stereocenters. The number of morpholine rings is 1. The standard InChI is InChI=1S/C22H26N4O2/c1-17(21-24-25-22(28-21)18-7-3-2-4-8-18)23-15-19-9-5-6-10-20(19)16-26-11-13-27-14-12-26/h2-10,17,23H,11-16H2,1H3/t17-/m1/s1. The molecule has 4 rings (SSSR count). The third-order valence-corrected chi connectivity index (χ3v) is 5.05. The molecule has 0 saturated carbocycles. The van der Waals surface area contributed by atoms with E-state index in [1.54, 1.807) is 0 Å². The molecule has 2 heterocycles. The van der Waals surface area contributed by atoms with Crippen molar-refractivity contribution >= 4 is 0 Å². The SMILES string of the molecule is C[C@@H](NCc1ccccc1CN1CCOCC1)c1nnc(-c2ccccc2)o1. The lowest BCUT2D eigenvalue weighted by Crippen LogP contribution is -2.36. The van der Waals surface area contributed by atoms with Crippen LogP contribution in [0.5, 0.6) is 0 Å². The van der Waals surface area contributed by atoms with Gasteiger partial charge in [0.05, 0.1) is 19.3 Å². The fraction of sp³-hybridized carbons (Fsp3) is 0.364. The highest BCUT2D eigenvalue weighted by atomic mass is 16.5. The Kier molecular flexibility index (Phi) is 6.11. The average molecular weight is 378 g/mol. The van der Waals surface area contributed by atoms with Crippen molar-refractivity contribution in [3.63, 3.8) is 0 Å². The summed E-state index contributed by atoms with van der Waals surface area (Å²) >= 11 is 0. The fourth-order valence-corrected chi connectivity index (χ4v) is 3.34. The Balaban J connectivity index is 1.38. The predicted molar refractivity (Wildman–Crippen MR) is 108 cm³/mol. The summed E-state index contributed by atoms with van der Waals surface area (Å²) in [5.41, 5.74) is 3.58. The summed E-state index contributed by atoms with van der Waals surface area (Å²) in [6.07, 6.45) is 0. The topological polar surface area (TPSA) is 63.4 Å². The Bertz CT molecular complexity index is 875. The van der Waals surface area contributed by atoms with Crippen LogP contribution in [0.2, 0.25) is 0 Å². The second-order valence-corrected chi connectivity index (χ2v) is 7.07. The number of rotatable bonds is 7. The number of hydrogen-bond donors (Lipinski definition) is 1. The first-order chi connectivity index (χ1) is 13.8. The van der Waals surface area contributed by atoms with Crippen molar-refractivity contribution in [3.8, 4) is 11.5 Å². The van der Waals surface area contributed by atoms with Gasteiger partial charge in [-0.25, -0.2) is 0 Å². The maximum absolute atomic E-state index is 5.86. The number of nitrogens with zero attached hydrogens (tertiary/aromatic N) is 3. The van der Waals surface area contributed by atoms with Crippen molar-refractivity contribution in [1.29, 1.82) is 0 Å². The zero-order chi connectivity index (χ0) is 19.2. The van der Waals surface area contributed by atoms with Crippen molar-refractivity contribution in [2.24, 2.45) is 0 Å². The monoisotopic (exact) mass is 378 g/mol. The van der Waals surface area contributed by atoms with Crippen LogP contribution < -0.4 is 5.32 Å². The van der Waals surface area contributed by atoms with Crippen LogP contribution in [0, 0.1) is 0 Å². The van der Waals surface area contributed by atoms with Gasteiger partial charge in [0.2, 0.25) is 11.8 Å². The molecule has 1 N–H and O–H groups in total. The Hall–Kier alpha value is -2.54. The highest BCUT2D eigenvalue weighted by Crippen LogP contribution is 2.21. The summed E-state index contributed by atoms with van der Waals surface area (Å²) in [7, 11) is 0. The minimum atomic E-state index is -0.0265. The summed E-state index contributed by atoms with van der Waals surface area (Å²) < 4.78 is 11.3.